The van der Waals surface area contributed by atoms with Crippen LogP contribution in [0.15, 0.2) is 5.10 Å². The number of piperidine rings is 1. The zero-order valence-electron chi connectivity index (χ0n) is 7.35. The quantitative estimate of drug-likeness (QED) is 0.527. The van der Waals surface area contributed by atoms with E-state index < -0.39 is 0 Å². The molecule has 0 aromatic rings. The molecule has 4 heteroatoms. The summed E-state index contributed by atoms with van der Waals surface area (Å²) in [7, 11) is 0. The van der Waals surface area contributed by atoms with E-state index in [0.29, 0.717) is 0 Å². The number of hydrogen-bond acceptors (Lipinski definition) is 3. The standard InChI is InChI=1S/C8H13N3O/c1-8(2)6-5(3-4-9-8)7(12)11-10-6/h5,9H,3-4H2,1-2H3,(H,11,12). The molecule has 2 aliphatic heterocycles. The lowest BCUT2D eigenvalue weighted by Gasteiger charge is -2.33. The summed E-state index contributed by atoms with van der Waals surface area (Å²) in [6, 6.07) is 0. The monoisotopic (exact) mass is 167 g/mol. The third-order valence-electron chi connectivity index (χ3n) is 2.57. The lowest BCUT2D eigenvalue weighted by atomic mass is 9.82. The van der Waals surface area contributed by atoms with Crippen LogP contribution < -0.4 is 10.7 Å². The summed E-state index contributed by atoms with van der Waals surface area (Å²) in [5.41, 5.74) is 3.36. The van der Waals surface area contributed by atoms with E-state index in [0.717, 1.165) is 18.7 Å². The van der Waals surface area contributed by atoms with Gasteiger partial charge in [-0.2, -0.15) is 5.10 Å². The van der Waals surface area contributed by atoms with Crippen LogP contribution in [-0.4, -0.2) is 23.7 Å². The first-order valence-corrected chi connectivity index (χ1v) is 4.24. The summed E-state index contributed by atoms with van der Waals surface area (Å²) >= 11 is 0. The van der Waals surface area contributed by atoms with E-state index in [-0.39, 0.29) is 17.4 Å². The molecule has 1 saturated heterocycles. The third-order valence-corrected chi connectivity index (χ3v) is 2.57. The summed E-state index contributed by atoms with van der Waals surface area (Å²) in [6.07, 6.45) is 0.869. The first-order valence-electron chi connectivity index (χ1n) is 4.24. The molecule has 0 saturated carbocycles. The maximum absolute atomic E-state index is 11.2. The molecule has 12 heavy (non-hydrogen) atoms. The Morgan fingerprint density at radius 2 is 2.33 bits per heavy atom. The zero-order chi connectivity index (χ0) is 8.77. The van der Waals surface area contributed by atoms with Gasteiger partial charge < -0.3 is 5.32 Å². The Hall–Kier alpha value is -0.900. The normalized spacial score (nSPS) is 32.3. The molecule has 1 atom stereocenters. The van der Waals surface area contributed by atoms with Gasteiger partial charge in [-0.1, -0.05) is 0 Å². The van der Waals surface area contributed by atoms with Crippen LogP contribution in [-0.2, 0) is 4.79 Å². The molecule has 0 radical (unpaired) electrons. The number of fused-ring (bicyclic) bond motifs is 1. The van der Waals surface area contributed by atoms with E-state index in [2.05, 4.69) is 29.7 Å². The number of carbonyl (C=O) groups excluding carboxylic acids is 1. The molecule has 2 aliphatic rings. The summed E-state index contributed by atoms with van der Waals surface area (Å²) < 4.78 is 0. The highest BCUT2D eigenvalue weighted by atomic mass is 16.2. The molecule has 0 aromatic carbocycles. The number of nitrogens with zero attached hydrogens (tertiary/aromatic N) is 1. The van der Waals surface area contributed by atoms with E-state index in [1.54, 1.807) is 0 Å². The van der Waals surface area contributed by atoms with Crippen molar-refractivity contribution in [2.45, 2.75) is 25.8 Å². The minimum absolute atomic E-state index is 0.0150. The van der Waals surface area contributed by atoms with Gasteiger partial charge in [0.05, 0.1) is 17.2 Å². The number of nitrogens with one attached hydrogen (secondary N) is 2. The summed E-state index contributed by atoms with van der Waals surface area (Å²) in [5, 5.41) is 7.37. The lowest BCUT2D eigenvalue weighted by molar-refractivity contribution is -0.122. The smallest absolute Gasteiger partial charge is 0.249 e. The van der Waals surface area contributed by atoms with Gasteiger partial charge in [0, 0.05) is 0 Å². The summed E-state index contributed by atoms with van der Waals surface area (Å²) in [5.74, 6) is 0.0702. The second-order valence-corrected chi connectivity index (χ2v) is 3.87. The van der Waals surface area contributed by atoms with Gasteiger partial charge >= 0.3 is 0 Å². The van der Waals surface area contributed by atoms with Crippen LogP contribution in [0.1, 0.15) is 20.3 Å². The minimum Gasteiger partial charge on any atom is -0.307 e. The maximum atomic E-state index is 11.2. The van der Waals surface area contributed by atoms with Gasteiger partial charge in [-0.05, 0) is 26.8 Å². The molecule has 0 aromatic heterocycles. The van der Waals surface area contributed by atoms with Crippen LogP contribution in [0.3, 0.4) is 0 Å². The van der Waals surface area contributed by atoms with Gasteiger partial charge in [0.2, 0.25) is 5.91 Å². The van der Waals surface area contributed by atoms with Gasteiger partial charge in [0.25, 0.3) is 0 Å². The Morgan fingerprint density at radius 3 is 3.00 bits per heavy atom. The highest BCUT2D eigenvalue weighted by molar-refractivity contribution is 6.12. The lowest BCUT2D eigenvalue weighted by Crippen LogP contribution is -2.54. The molecule has 2 rings (SSSR count). The molecule has 0 aliphatic carbocycles. The average Bonchev–Trinajstić information content (AvgIpc) is 2.33. The molecular formula is C8H13N3O. The SMILES string of the molecule is CC1(C)NCCC2C(=O)NN=C21. The minimum atomic E-state index is -0.123. The average molecular weight is 167 g/mol. The molecule has 1 amide bonds. The van der Waals surface area contributed by atoms with Gasteiger partial charge in [-0.25, -0.2) is 5.43 Å². The van der Waals surface area contributed by atoms with Crippen LogP contribution in [0, 0.1) is 5.92 Å². The Morgan fingerprint density at radius 1 is 1.58 bits per heavy atom. The Balaban J connectivity index is 2.31. The molecule has 1 fully saturated rings. The van der Waals surface area contributed by atoms with E-state index in [9.17, 15) is 4.79 Å². The van der Waals surface area contributed by atoms with E-state index in [4.69, 9.17) is 0 Å². The topological polar surface area (TPSA) is 53.5 Å². The molecule has 2 heterocycles. The van der Waals surface area contributed by atoms with Crippen molar-refractivity contribution in [3.8, 4) is 0 Å². The number of hydrazone groups is 1. The van der Waals surface area contributed by atoms with Gasteiger partial charge in [0.1, 0.15) is 0 Å². The molecule has 2 N–H and O–H groups in total. The number of hydrogen-bond donors (Lipinski definition) is 2. The first kappa shape index (κ1) is 7.73. The van der Waals surface area contributed by atoms with Crippen molar-refractivity contribution in [3.05, 3.63) is 0 Å². The van der Waals surface area contributed by atoms with Crippen molar-refractivity contribution in [2.75, 3.05) is 6.54 Å². The zero-order valence-corrected chi connectivity index (χ0v) is 7.35. The van der Waals surface area contributed by atoms with Crippen molar-refractivity contribution in [1.82, 2.24) is 10.7 Å². The molecule has 0 spiro atoms. The van der Waals surface area contributed by atoms with Gasteiger partial charge in [0.15, 0.2) is 0 Å². The van der Waals surface area contributed by atoms with Crippen LogP contribution >= 0.6 is 0 Å². The number of carbonyl (C=O) groups is 1. The van der Waals surface area contributed by atoms with E-state index >= 15 is 0 Å². The summed E-state index contributed by atoms with van der Waals surface area (Å²) in [4.78, 5) is 11.2. The first-order chi connectivity index (χ1) is 5.61. The van der Waals surface area contributed by atoms with Crippen molar-refractivity contribution in [1.29, 1.82) is 0 Å². The van der Waals surface area contributed by atoms with E-state index in [1.165, 1.54) is 0 Å². The Bertz CT molecular complexity index is 257. The van der Waals surface area contributed by atoms with Crippen LogP contribution in [0.4, 0.5) is 0 Å². The predicted molar refractivity (Wildman–Crippen MR) is 45.8 cm³/mol. The van der Waals surface area contributed by atoms with Crippen molar-refractivity contribution < 1.29 is 4.79 Å². The molecule has 4 nitrogen and oxygen atoms in total. The van der Waals surface area contributed by atoms with E-state index in [1.807, 2.05) is 0 Å². The Kier molecular flexibility index (Phi) is 1.48. The fraction of sp³-hybridized carbons (Fsp3) is 0.750. The van der Waals surface area contributed by atoms with Crippen molar-refractivity contribution in [2.24, 2.45) is 11.0 Å². The molecule has 66 valence electrons. The number of amides is 1. The highest BCUT2D eigenvalue weighted by Crippen LogP contribution is 2.24. The highest BCUT2D eigenvalue weighted by Gasteiger charge is 2.41. The van der Waals surface area contributed by atoms with Crippen LogP contribution in [0.2, 0.25) is 0 Å². The van der Waals surface area contributed by atoms with Crippen LogP contribution in [0.5, 0.6) is 0 Å². The maximum Gasteiger partial charge on any atom is 0.249 e. The van der Waals surface area contributed by atoms with Gasteiger partial charge in [-0.3, -0.25) is 4.79 Å². The summed E-state index contributed by atoms with van der Waals surface area (Å²) in [6.45, 7) is 5.00. The van der Waals surface area contributed by atoms with Crippen molar-refractivity contribution >= 4 is 11.6 Å². The molecule has 1 unspecified atom stereocenters. The largest absolute Gasteiger partial charge is 0.307 e. The second kappa shape index (κ2) is 2.29. The van der Waals surface area contributed by atoms with Crippen LogP contribution in [0.25, 0.3) is 0 Å². The Labute approximate surface area is 71.4 Å². The fourth-order valence-corrected chi connectivity index (χ4v) is 1.86. The van der Waals surface area contributed by atoms with Crippen molar-refractivity contribution in [3.63, 3.8) is 0 Å². The molecular weight excluding hydrogens is 154 g/mol. The fourth-order valence-electron chi connectivity index (χ4n) is 1.86. The molecule has 0 bridgehead atoms. The third kappa shape index (κ3) is 0.948. The predicted octanol–water partition coefficient (Wildman–Crippen LogP) is -0.140. The van der Waals surface area contributed by atoms with Gasteiger partial charge in [-0.15, -0.1) is 0 Å². The number of rotatable bonds is 0. The second-order valence-electron chi connectivity index (χ2n) is 3.87.